The van der Waals surface area contributed by atoms with Crippen molar-refractivity contribution in [1.82, 2.24) is 10.2 Å². The zero-order valence-corrected chi connectivity index (χ0v) is 12.8. The monoisotopic (exact) mass is 290 g/mol. The molecule has 0 aromatic heterocycles. The third-order valence-electron chi connectivity index (χ3n) is 4.03. The Morgan fingerprint density at radius 3 is 2.86 bits per heavy atom. The van der Waals surface area contributed by atoms with E-state index in [1.807, 2.05) is 25.1 Å². The van der Waals surface area contributed by atoms with E-state index >= 15 is 0 Å². The van der Waals surface area contributed by atoms with Crippen molar-refractivity contribution in [3.8, 4) is 0 Å². The maximum absolute atomic E-state index is 12.1. The highest BCUT2D eigenvalue weighted by molar-refractivity contribution is 5.94. The topological polar surface area (TPSA) is 52.6 Å². The summed E-state index contributed by atoms with van der Waals surface area (Å²) < 4.78 is 0. The molecular formula is C17H26N2O2. The molecule has 116 valence electrons. The summed E-state index contributed by atoms with van der Waals surface area (Å²) in [6.07, 6.45) is 3.56. The van der Waals surface area contributed by atoms with E-state index in [9.17, 15) is 9.90 Å². The Hall–Kier alpha value is -1.39. The maximum Gasteiger partial charge on any atom is 0.251 e. The molecule has 0 bridgehead atoms. The minimum absolute atomic E-state index is 0.0541. The third-order valence-corrected chi connectivity index (χ3v) is 4.03. The van der Waals surface area contributed by atoms with Crippen molar-refractivity contribution in [3.63, 3.8) is 0 Å². The number of aliphatic hydroxyl groups is 1. The molecule has 0 aliphatic carbocycles. The number of carbonyl (C=O) groups is 1. The lowest BCUT2D eigenvalue weighted by atomic mass is 10.1. The van der Waals surface area contributed by atoms with Gasteiger partial charge in [-0.15, -0.1) is 0 Å². The average Bonchev–Trinajstić information content (AvgIpc) is 3.00. The third kappa shape index (κ3) is 5.14. The summed E-state index contributed by atoms with van der Waals surface area (Å²) in [6.45, 7) is 5.70. The van der Waals surface area contributed by atoms with Crippen molar-refractivity contribution in [1.29, 1.82) is 0 Å². The van der Waals surface area contributed by atoms with Gasteiger partial charge in [0.1, 0.15) is 0 Å². The first-order chi connectivity index (χ1) is 10.2. The SMILES string of the molecule is CCC(O)CCNC(=O)c1cccc(CN2CCCC2)c1. The molecule has 1 fully saturated rings. The summed E-state index contributed by atoms with van der Waals surface area (Å²) in [6, 6.07) is 7.85. The number of aliphatic hydroxyl groups excluding tert-OH is 1. The van der Waals surface area contributed by atoms with E-state index in [0.717, 1.165) is 26.1 Å². The van der Waals surface area contributed by atoms with Crippen molar-refractivity contribution in [2.75, 3.05) is 19.6 Å². The fourth-order valence-corrected chi connectivity index (χ4v) is 2.67. The lowest BCUT2D eigenvalue weighted by Gasteiger charge is -2.15. The molecule has 2 rings (SSSR count). The number of rotatable bonds is 7. The Kier molecular flexibility index (Phi) is 6.21. The zero-order chi connectivity index (χ0) is 15.1. The van der Waals surface area contributed by atoms with Gasteiger partial charge in [0.05, 0.1) is 6.10 Å². The summed E-state index contributed by atoms with van der Waals surface area (Å²) in [5, 5.41) is 12.4. The number of hydrogen-bond donors (Lipinski definition) is 2. The fraction of sp³-hybridized carbons (Fsp3) is 0.588. The molecule has 1 saturated heterocycles. The quantitative estimate of drug-likeness (QED) is 0.809. The molecule has 1 heterocycles. The first-order valence-electron chi connectivity index (χ1n) is 7.96. The van der Waals surface area contributed by atoms with Gasteiger partial charge >= 0.3 is 0 Å². The second kappa shape index (κ2) is 8.15. The largest absolute Gasteiger partial charge is 0.393 e. The van der Waals surface area contributed by atoms with Crippen LogP contribution < -0.4 is 5.32 Å². The molecule has 1 unspecified atom stereocenters. The standard InChI is InChI=1S/C17H26N2O2/c1-2-16(20)8-9-18-17(21)15-7-5-6-14(12-15)13-19-10-3-4-11-19/h5-7,12,16,20H,2-4,8-11,13H2,1H3,(H,18,21). The van der Waals surface area contributed by atoms with Gasteiger partial charge in [0.25, 0.3) is 5.91 Å². The Bertz CT molecular complexity index is 456. The Morgan fingerprint density at radius 1 is 1.38 bits per heavy atom. The summed E-state index contributed by atoms with van der Waals surface area (Å²) in [5.41, 5.74) is 1.90. The van der Waals surface area contributed by atoms with Gasteiger partial charge in [-0.05, 0) is 56.5 Å². The van der Waals surface area contributed by atoms with Gasteiger partial charge in [0.15, 0.2) is 0 Å². The Morgan fingerprint density at radius 2 is 2.14 bits per heavy atom. The van der Waals surface area contributed by atoms with E-state index < -0.39 is 0 Å². The number of carbonyl (C=O) groups excluding carboxylic acids is 1. The van der Waals surface area contributed by atoms with Gasteiger partial charge in [-0.2, -0.15) is 0 Å². The molecule has 2 N–H and O–H groups in total. The van der Waals surface area contributed by atoms with Gasteiger partial charge in [-0.3, -0.25) is 9.69 Å². The van der Waals surface area contributed by atoms with Gasteiger partial charge in [-0.1, -0.05) is 19.1 Å². The highest BCUT2D eigenvalue weighted by atomic mass is 16.3. The van der Waals surface area contributed by atoms with Crippen molar-refractivity contribution in [2.24, 2.45) is 0 Å². The van der Waals surface area contributed by atoms with E-state index in [1.165, 1.54) is 18.4 Å². The van der Waals surface area contributed by atoms with Crippen molar-refractivity contribution in [2.45, 2.75) is 45.3 Å². The predicted molar refractivity (Wildman–Crippen MR) is 84.2 cm³/mol. The lowest BCUT2D eigenvalue weighted by molar-refractivity contribution is 0.0942. The summed E-state index contributed by atoms with van der Waals surface area (Å²) in [7, 11) is 0. The van der Waals surface area contributed by atoms with E-state index in [1.54, 1.807) is 0 Å². The molecule has 1 amide bonds. The Balaban J connectivity index is 1.85. The predicted octanol–water partition coefficient (Wildman–Crippen LogP) is 2.17. The molecule has 1 aromatic rings. The molecular weight excluding hydrogens is 264 g/mol. The number of likely N-dealkylation sites (tertiary alicyclic amines) is 1. The van der Waals surface area contributed by atoms with Crippen LogP contribution in [0.2, 0.25) is 0 Å². The Labute approximate surface area is 127 Å². The number of benzene rings is 1. The van der Waals surface area contributed by atoms with Gasteiger partial charge in [0.2, 0.25) is 0 Å². The van der Waals surface area contributed by atoms with Crippen LogP contribution in [0.4, 0.5) is 0 Å². The van der Waals surface area contributed by atoms with Crippen LogP contribution in [-0.4, -0.2) is 41.7 Å². The van der Waals surface area contributed by atoms with Crippen LogP contribution in [-0.2, 0) is 6.54 Å². The molecule has 0 radical (unpaired) electrons. The van der Waals surface area contributed by atoms with E-state index in [2.05, 4.69) is 16.3 Å². The van der Waals surface area contributed by atoms with Gasteiger partial charge in [-0.25, -0.2) is 0 Å². The minimum Gasteiger partial charge on any atom is -0.393 e. The van der Waals surface area contributed by atoms with Crippen molar-refractivity contribution in [3.05, 3.63) is 35.4 Å². The molecule has 1 aliphatic heterocycles. The van der Waals surface area contributed by atoms with E-state index in [0.29, 0.717) is 18.5 Å². The normalized spacial score (nSPS) is 16.9. The zero-order valence-electron chi connectivity index (χ0n) is 12.8. The molecule has 0 saturated carbocycles. The van der Waals surface area contributed by atoms with Gasteiger partial charge in [0, 0.05) is 18.7 Å². The van der Waals surface area contributed by atoms with E-state index in [4.69, 9.17) is 0 Å². The molecule has 1 aliphatic rings. The van der Waals surface area contributed by atoms with Crippen LogP contribution in [0.3, 0.4) is 0 Å². The number of nitrogens with one attached hydrogen (secondary N) is 1. The maximum atomic E-state index is 12.1. The van der Waals surface area contributed by atoms with Crippen molar-refractivity contribution < 1.29 is 9.90 Å². The number of nitrogens with zero attached hydrogens (tertiary/aromatic N) is 1. The summed E-state index contributed by atoms with van der Waals surface area (Å²) in [4.78, 5) is 14.5. The number of hydrogen-bond acceptors (Lipinski definition) is 3. The average molecular weight is 290 g/mol. The smallest absolute Gasteiger partial charge is 0.251 e. The molecule has 21 heavy (non-hydrogen) atoms. The minimum atomic E-state index is -0.327. The summed E-state index contributed by atoms with van der Waals surface area (Å²) >= 11 is 0. The highest BCUT2D eigenvalue weighted by Gasteiger charge is 2.13. The van der Waals surface area contributed by atoms with Crippen LogP contribution in [0.25, 0.3) is 0 Å². The highest BCUT2D eigenvalue weighted by Crippen LogP contribution is 2.13. The van der Waals surface area contributed by atoms with Crippen LogP contribution in [0, 0.1) is 0 Å². The van der Waals surface area contributed by atoms with Gasteiger partial charge < -0.3 is 10.4 Å². The van der Waals surface area contributed by atoms with Crippen LogP contribution in [0.5, 0.6) is 0 Å². The molecule has 1 atom stereocenters. The molecule has 4 nitrogen and oxygen atoms in total. The molecule has 4 heteroatoms. The first-order valence-corrected chi connectivity index (χ1v) is 7.96. The fourth-order valence-electron chi connectivity index (χ4n) is 2.67. The van der Waals surface area contributed by atoms with Crippen molar-refractivity contribution >= 4 is 5.91 Å². The summed E-state index contributed by atoms with van der Waals surface area (Å²) in [5.74, 6) is -0.0541. The lowest BCUT2D eigenvalue weighted by Crippen LogP contribution is -2.27. The van der Waals surface area contributed by atoms with Crippen LogP contribution in [0.15, 0.2) is 24.3 Å². The molecule has 1 aromatic carbocycles. The first kappa shape index (κ1) is 16.0. The van der Waals surface area contributed by atoms with E-state index in [-0.39, 0.29) is 12.0 Å². The molecule has 0 spiro atoms. The second-order valence-corrected chi connectivity index (χ2v) is 5.79. The van der Waals surface area contributed by atoms with Crippen LogP contribution >= 0.6 is 0 Å². The second-order valence-electron chi connectivity index (χ2n) is 5.79. The van der Waals surface area contributed by atoms with Crippen LogP contribution in [0.1, 0.15) is 48.5 Å². The number of amides is 1.